The lowest BCUT2D eigenvalue weighted by Gasteiger charge is -2.40. The minimum Gasteiger partial charge on any atom is -0.462 e. The molecule has 0 bridgehead atoms. The molecule has 39 heavy (non-hydrogen) atoms. The molecule has 1 aliphatic rings. The number of carbonyl (C=O) groups excluding carboxylic acids is 1. The van der Waals surface area contributed by atoms with Crippen molar-refractivity contribution in [2.45, 2.75) is 32.3 Å². The topological polar surface area (TPSA) is 84.7 Å². The van der Waals surface area contributed by atoms with Gasteiger partial charge in [0.15, 0.2) is 11.6 Å². The summed E-state index contributed by atoms with van der Waals surface area (Å²) in [5.41, 5.74) is -2.76. The summed E-state index contributed by atoms with van der Waals surface area (Å²) >= 11 is 0. The fraction of sp³-hybridized carbons (Fsp3) is 0.321. The van der Waals surface area contributed by atoms with Crippen molar-refractivity contribution in [1.82, 2.24) is 9.55 Å². The average Bonchev–Trinajstić information content (AvgIpc) is 2.91. The van der Waals surface area contributed by atoms with Crippen molar-refractivity contribution < 1.29 is 32.2 Å². The molecule has 0 unspecified atom stereocenters. The van der Waals surface area contributed by atoms with Gasteiger partial charge < -0.3 is 19.3 Å². The predicted molar refractivity (Wildman–Crippen MR) is 137 cm³/mol. The standard InChI is InChI=1S/C28H25F4N3O4/c1-4-39-27(37)16-13-34(3)20-12-33-24-15(21(20)26(16)36)5-6-18(29)25(24)35-9-7-28(38,8-10-35)17-11-19(30)23(32)14(2)22(17)31/h5-6,11-13,38H,4,7-10H2,1-3H3. The first-order valence-corrected chi connectivity index (χ1v) is 12.4. The number of ether oxygens (including phenoxy) is 1. The normalized spacial score (nSPS) is 15.2. The van der Waals surface area contributed by atoms with Crippen LogP contribution in [0.4, 0.5) is 23.2 Å². The minimum absolute atomic E-state index is 0.0324. The van der Waals surface area contributed by atoms with Gasteiger partial charge in [0, 0.05) is 42.8 Å². The average molecular weight is 544 g/mol. The van der Waals surface area contributed by atoms with Gasteiger partial charge in [0.05, 0.1) is 40.5 Å². The summed E-state index contributed by atoms with van der Waals surface area (Å²) in [6, 6.07) is 3.27. The summed E-state index contributed by atoms with van der Waals surface area (Å²) in [7, 11) is 1.65. The first-order valence-electron chi connectivity index (χ1n) is 12.4. The summed E-state index contributed by atoms with van der Waals surface area (Å²) < 4.78 is 64.5. The van der Waals surface area contributed by atoms with Gasteiger partial charge in [-0.1, -0.05) is 0 Å². The highest BCUT2D eigenvalue weighted by molar-refractivity contribution is 6.09. The largest absolute Gasteiger partial charge is 0.462 e. The Kier molecular flexibility index (Phi) is 6.58. The van der Waals surface area contributed by atoms with Crippen LogP contribution in [0.2, 0.25) is 0 Å². The third kappa shape index (κ3) is 4.21. The fourth-order valence-corrected chi connectivity index (χ4v) is 5.27. The molecule has 1 fully saturated rings. The molecular weight excluding hydrogens is 518 g/mol. The zero-order chi connectivity index (χ0) is 28.2. The highest BCUT2D eigenvalue weighted by Gasteiger charge is 2.39. The lowest BCUT2D eigenvalue weighted by Crippen LogP contribution is -2.43. The van der Waals surface area contributed by atoms with Crippen LogP contribution in [0.15, 0.2) is 35.4 Å². The molecule has 2 aromatic heterocycles. The second-order valence-corrected chi connectivity index (χ2v) is 9.69. The zero-order valence-electron chi connectivity index (χ0n) is 21.4. The van der Waals surface area contributed by atoms with Crippen molar-refractivity contribution in [3.05, 3.63) is 80.8 Å². The Morgan fingerprint density at radius 3 is 2.49 bits per heavy atom. The second kappa shape index (κ2) is 9.64. The monoisotopic (exact) mass is 543 g/mol. The number of halogens is 4. The maximum Gasteiger partial charge on any atom is 0.343 e. The van der Waals surface area contributed by atoms with Gasteiger partial charge in [0.2, 0.25) is 5.43 Å². The number of piperidine rings is 1. The van der Waals surface area contributed by atoms with Gasteiger partial charge >= 0.3 is 5.97 Å². The van der Waals surface area contributed by atoms with Crippen LogP contribution in [0, 0.1) is 30.2 Å². The van der Waals surface area contributed by atoms with E-state index >= 15 is 4.39 Å². The number of aromatic nitrogens is 2. The van der Waals surface area contributed by atoms with Crippen molar-refractivity contribution in [2.24, 2.45) is 7.05 Å². The first kappa shape index (κ1) is 26.6. The van der Waals surface area contributed by atoms with E-state index in [4.69, 9.17) is 4.74 Å². The number of esters is 1. The summed E-state index contributed by atoms with van der Waals surface area (Å²) in [6.07, 6.45) is 2.57. The fourth-order valence-electron chi connectivity index (χ4n) is 5.27. The SMILES string of the molecule is CCOC(=O)c1cn(C)c2cnc3c(N4CCC(O)(c5cc(F)c(F)c(C)c5F)CC4)c(F)ccc3c2c1=O. The van der Waals surface area contributed by atoms with Gasteiger partial charge in [-0.05, 0) is 44.9 Å². The van der Waals surface area contributed by atoms with E-state index in [9.17, 15) is 27.9 Å². The molecule has 1 N–H and O–H groups in total. The van der Waals surface area contributed by atoms with Crippen molar-refractivity contribution in [1.29, 1.82) is 0 Å². The van der Waals surface area contributed by atoms with E-state index in [0.717, 1.165) is 6.92 Å². The van der Waals surface area contributed by atoms with E-state index in [1.54, 1.807) is 23.4 Å². The van der Waals surface area contributed by atoms with Crippen LogP contribution in [0.1, 0.15) is 41.3 Å². The number of fused-ring (bicyclic) bond motifs is 3. The predicted octanol–water partition coefficient (Wildman–Crippen LogP) is 4.62. The molecule has 0 radical (unpaired) electrons. The zero-order valence-corrected chi connectivity index (χ0v) is 21.4. The van der Waals surface area contributed by atoms with Crippen LogP contribution in [0.25, 0.3) is 21.8 Å². The van der Waals surface area contributed by atoms with E-state index in [-0.39, 0.29) is 60.3 Å². The lowest BCUT2D eigenvalue weighted by molar-refractivity contribution is 0.00783. The summed E-state index contributed by atoms with van der Waals surface area (Å²) in [6.45, 7) is 2.87. The van der Waals surface area contributed by atoms with Gasteiger partial charge in [0.1, 0.15) is 17.2 Å². The molecule has 3 heterocycles. The Labute approximate surface area is 220 Å². The number of hydrogen-bond acceptors (Lipinski definition) is 6. The smallest absolute Gasteiger partial charge is 0.343 e. The van der Waals surface area contributed by atoms with Crippen molar-refractivity contribution in [3.8, 4) is 0 Å². The van der Waals surface area contributed by atoms with Crippen LogP contribution < -0.4 is 10.3 Å². The number of benzene rings is 2. The number of rotatable bonds is 4. The number of nitrogens with zero attached hydrogens (tertiary/aromatic N) is 3. The molecule has 1 aliphatic heterocycles. The van der Waals surface area contributed by atoms with E-state index in [1.165, 1.54) is 24.5 Å². The maximum atomic E-state index is 15.3. The maximum absolute atomic E-state index is 15.3. The van der Waals surface area contributed by atoms with E-state index in [1.807, 2.05) is 0 Å². The number of pyridine rings is 2. The van der Waals surface area contributed by atoms with Gasteiger partial charge in [-0.3, -0.25) is 9.78 Å². The van der Waals surface area contributed by atoms with Crippen LogP contribution in [0.5, 0.6) is 0 Å². The number of aliphatic hydroxyl groups is 1. The van der Waals surface area contributed by atoms with Crippen LogP contribution in [-0.4, -0.2) is 40.3 Å². The molecule has 2 aromatic carbocycles. The Hall–Kier alpha value is -3.99. The Morgan fingerprint density at radius 2 is 1.82 bits per heavy atom. The Morgan fingerprint density at radius 1 is 1.13 bits per heavy atom. The van der Waals surface area contributed by atoms with E-state index in [2.05, 4.69) is 4.98 Å². The van der Waals surface area contributed by atoms with E-state index in [0.29, 0.717) is 17.0 Å². The molecule has 0 amide bonds. The Balaban J connectivity index is 1.59. The highest BCUT2D eigenvalue weighted by Crippen LogP contribution is 2.40. The lowest BCUT2D eigenvalue weighted by atomic mass is 9.83. The summed E-state index contributed by atoms with van der Waals surface area (Å²) in [5.74, 6) is -5.01. The van der Waals surface area contributed by atoms with Gasteiger partial charge in [-0.15, -0.1) is 0 Å². The van der Waals surface area contributed by atoms with Crippen LogP contribution in [0.3, 0.4) is 0 Å². The van der Waals surface area contributed by atoms with Gasteiger partial charge in [-0.2, -0.15) is 0 Å². The highest BCUT2D eigenvalue weighted by atomic mass is 19.2. The molecule has 5 rings (SSSR count). The molecule has 1 saturated heterocycles. The van der Waals surface area contributed by atoms with Crippen molar-refractivity contribution in [2.75, 3.05) is 24.6 Å². The van der Waals surface area contributed by atoms with Crippen LogP contribution in [-0.2, 0) is 17.4 Å². The summed E-state index contributed by atoms with van der Waals surface area (Å²) in [4.78, 5) is 31.8. The number of hydrogen-bond donors (Lipinski definition) is 1. The number of carbonyl (C=O) groups is 1. The van der Waals surface area contributed by atoms with E-state index < -0.39 is 45.8 Å². The summed E-state index contributed by atoms with van der Waals surface area (Å²) in [5, 5.41) is 11.7. The first-order chi connectivity index (χ1) is 18.5. The molecule has 0 atom stereocenters. The minimum atomic E-state index is -1.80. The molecule has 11 heteroatoms. The van der Waals surface area contributed by atoms with Crippen LogP contribution >= 0.6 is 0 Å². The molecular formula is C28H25F4N3O4. The number of aryl methyl sites for hydroxylation is 1. The second-order valence-electron chi connectivity index (χ2n) is 9.69. The van der Waals surface area contributed by atoms with Gasteiger partial charge in [-0.25, -0.2) is 22.4 Å². The molecule has 204 valence electrons. The molecule has 0 spiro atoms. The third-order valence-electron chi connectivity index (χ3n) is 7.40. The number of anilines is 1. The Bertz CT molecular complexity index is 1710. The molecule has 7 nitrogen and oxygen atoms in total. The molecule has 4 aromatic rings. The van der Waals surface area contributed by atoms with Crippen molar-refractivity contribution in [3.63, 3.8) is 0 Å². The quantitative estimate of drug-likeness (QED) is 0.175. The third-order valence-corrected chi connectivity index (χ3v) is 7.40. The van der Waals surface area contributed by atoms with Crippen molar-refractivity contribution >= 4 is 33.5 Å². The molecule has 0 aliphatic carbocycles. The van der Waals surface area contributed by atoms with Gasteiger partial charge in [0.25, 0.3) is 0 Å². The molecule has 0 saturated carbocycles.